The number of aromatic nitrogens is 1. The van der Waals surface area contributed by atoms with E-state index in [4.69, 9.17) is 11.6 Å². The number of carbonyl (C=O) groups is 2. The number of halogens is 3. The molecule has 0 spiro atoms. The summed E-state index contributed by atoms with van der Waals surface area (Å²) in [5.41, 5.74) is 4.76. The molecular formula is C13H10BrClFN3O2. The molecule has 0 fully saturated rings. The molecular weight excluding hydrogens is 365 g/mol. The fourth-order valence-electron chi connectivity index (χ4n) is 1.60. The number of amides is 2. The van der Waals surface area contributed by atoms with Crippen LogP contribution in [0.15, 0.2) is 34.9 Å². The molecule has 0 radical (unpaired) electrons. The molecule has 1 heterocycles. The third-order valence-corrected chi connectivity index (χ3v) is 3.42. The summed E-state index contributed by atoms with van der Waals surface area (Å²) in [6, 6.07) is 5.70. The van der Waals surface area contributed by atoms with Crippen LogP contribution in [0, 0.1) is 5.82 Å². The van der Waals surface area contributed by atoms with E-state index in [9.17, 15) is 14.0 Å². The lowest BCUT2D eigenvalue weighted by molar-refractivity contribution is -0.121. The van der Waals surface area contributed by atoms with Gasteiger partial charge in [-0.25, -0.2) is 4.39 Å². The second kappa shape index (κ2) is 6.73. The van der Waals surface area contributed by atoms with E-state index in [1.165, 1.54) is 18.2 Å². The van der Waals surface area contributed by atoms with Crippen LogP contribution in [0.1, 0.15) is 16.1 Å². The average molecular weight is 375 g/mol. The standard InChI is InChI=1S/C13H10BrClFN3O2/c14-7-4-11(17-6-7)13(21)19-18-12(20)5-8-9(15)2-1-3-10(8)16/h1-4,6,17H,5H2,(H,18,20)(H,19,21). The Morgan fingerprint density at radius 2 is 2.10 bits per heavy atom. The Bertz CT molecular complexity index is 670. The maximum atomic E-state index is 13.5. The van der Waals surface area contributed by atoms with Gasteiger partial charge in [-0.3, -0.25) is 20.4 Å². The van der Waals surface area contributed by atoms with Gasteiger partial charge in [-0.2, -0.15) is 0 Å². The van der Waals surface area contributed by atoms with Crippen LogP contribution >= 0.6 is 27.5 Å². The van der Waals surface area contributed by atoms with E-state index < -0.39 is 17.6 Å². The summed E-state index contributed by atoms with van der Waals surface area (Å²) in [5.74, 6) is -1.67. The van der Waals surface area contributed by atoms with Crippen molar-refractivity contribution in [1.82, 2.24) is 15.8 Å². The van der Waals surface area contributed by atoms with Crippen molar-refractivity contribution >= 4 is 39.3 Å². The van der Waals surface area contributed by atoms with Crippen LogP contribution in [-0.2, 0) is 11.2 Å². The summed E-state index contributed by atoms with van der Waals surface area (Å²) < 4.78 is 14.2. The van der Waals surface area contributed by atoms with Crippen molar-refractivity contribution in [3.05, 3.63) is 57.0 Å². The van der Waals surface area contributed by atoms with E-state index in [1.54, 1.807) is 12.3 Å². The van der Waals surface area contributed by atoms with Gasteiger partial charge >= 0.3 is 0 Å². The number of rotatable bonds is 3. The van der Waals surface area contributed by atoms with Gasteiger partial charge < -0.3 is 4.98 Å². The Kier molecular flexibility index (Phi) is 4.98. The van der Waals surface area contributed by atoms with Crippen LogP contribution in [0.4, 0.5) is 4.39 Å². The number of aromatic amines is 1. The van der Waals surface area contributed by atoms with E-state index in [-0.39, 0.29) is 22.7 Å². The van der Waals surface area contributed by atoms with Crippen LogP contribution < -0.4 is 10.9 Å². The first-order valence-corrected chi connectivity index (χ1v) is 7.00. The number of hydrazine groups is 1. The highest BCUT2D eigenvalue weighted by atomic mass is 79.9. The third-order valence-electron chi connectivity index (χ3n) is 2.61. The zero-order valence-corrected chi connectivity index (χ0v) is 12.9. The highest BCUT2D eigenvalue weighted by Gasteiger charge is 2.13. The Labute approximate surface area is 133 Å². The van der Waals surface area contributed by atoms with E-state index in [1.807, 2.05) is 0 Å². The Morgan fingerprint density at radius 1 is 1.33 bits per heavy atom. The summed E-state index contributed by atoms with van der Waals surface area (Å²) in [7, 11) is 0. The largest absolute Gasteiger partial charge is 0.356 e. The third kappa shape index (κ3) is 4.05. The number of hydrogen-bond donors (Lipinski definition) is 3. The van der Waals surface area contributed by atoms with Gasteiger partial charge in [-0.15, -0.1) is 0 Å². The van der Waals surface area contributed by atoms with Gasteiger partial charge in [-0.1, -0.05) is 17.7 Å². The van der Waals surface area contributed by atoms with E-state index >= 15 is 0 Å². The first-order chi connectivity index (χ1) is 9.97. The minimum Gasteiger partial charge on any atom is -0.356 e. The first-order valence-electron chi connectivity index (χ1n) is 5.83. The van der Waals surface area contributed by atoms with E-state index in [0.717, 1.165) is 0 Å². The van der Waals surface area contributed by atoms with Crippen molar-refractivity contribution in [2.75, 3.05) is 0 Å². The number of benzene rings is 1. The quantitative estimate of drug-likeness (QED) is 0.723. The maximum absolute atomic E-state index is 13.5. The second-order valence-corrected chi connectivity index (χ2v) is 5.43. The van der Waals surface area contributed by atoms with Gasteiger partial charge in [0, 0.05) is 21.3 Å². The molecule has 0 atom stereocenters. The van der Waals surface area contributed by atoms with Gasteiger partial charge in [0.2, 0.25) is 5.91 Å². The zero-order chi connectivity index (χ0) is 15.4. The number of nitrogens with one attached hydrogen (secondary N) is 3. The highest BCUT2D eigenvalue weighted by Crippen LogP contribution is 2.19. The van der Waals surface area contributed by atoms with E-state index in [0.29, 0.717) is 4.47 Å². The molecule has 2 rings (SSSR count). The van der Waals surface area contributed by atoms with Crippen LogP contribution in [0.3, 0.4) is 0 Å². The summed E-state index contributed by atoms with van der Waals surface area (Å²) >= 11 is 9.00. The van der Waals surface area contributed by atoms with E-state index in [2.05, 4.69) is 31.8 Å². The summed E-state index contributed by atoms with van der Waals surface area (Å²) in [6.07, 6.45) is 1.30. The molecule has 0 unspecified atom stereocenters. The summed E-state index contributed by atoms with van der Waals surface area (Å²) in [4.78, 5) is 26.1. The Morgan fingerprint density at radius 3 is 2.71 bits per heavy atom. The topological polar surface area (TPSA) is 74.0 Å². The molecule has 21 heavy (non-hydrogen) atoms. The molecule has 1 aromatic heterocycles. The molecule has 0 bridgehead atoms. The van der Waals surface area contributed by atoms with Crippen molar-refractivity contribution in [2.24, 2.45) is 0 Å². The molecule has 0 saturated carbocycles. The van der Waals surface area contributed by atoms with Crippen molar-refractivity contribution in [2.45, 2.75) is 6.42 Å². The number of carbonyl (C=O) groups excluding carboxylic acids is 2. The van der Waals surface area contributed by atoms with Crippen LogP contribution in [-0.4, -0.2) is 16.8 Å². The first kappa shape index (κ1) is 15.5. The van der Waals surface area contributed by atoms with Gasteiger partial charge in [0.25, 0.3) is 5.91 Å². The molecule has 110 valence electrons. The fourth-order valence-corrected chi connectivity index (χ4v) is 2.17. The van der Waals surface area contributed by atoms with Crippen molar-refractivity contribution < 1.29 is 14.0 Å². The molecule has 8 heteroatoms. The van der Waals surface area contributed by atoms with Crippen molar-refractivity contribution in [3.63, 3.8) is 0 Å². The number of hydrogen-bond acceptors (Lipinski definition) is 2. The molecule has 2 amide bonds. The predicted octanol–water partition coefficient (Wildman–Crippen LogP) is 2.57. The normalized spacial score (nSPS) is 10.2. The lowest BCUT2D eigenvalue weighted by atomic mass is 10.1. The molecule has 1 aromatic carbocycles. The minimum atomic E-state index is -0.582. The zero-order valence-electron chi connectivity index (χ0n) is 10.5. The summed E-state index contributed by atoms with van der Waals surface area (Å²) in [5, 5.41) is 0.157. The van der Waals surface area contributed by atoms with Crippen molar-refractivity contribution in [3.8, 4) is 0 Å². The lowest BCUT2D eigenvalue weighted by Crippen LogP contribution is -2.42. The minimum absolute atomic E-state index is 0.0773. The monoisotopic (exact) mass is 373 g/mol. The van der Waals surface area contributed by atoms with Crippen LogP contribution in [0.5, 0.6) is 0 Å². The van der Waals surface area contributed by atoms with Gasteiger partial charge in [0.1, 0.15) is 11.5 Å². The van der Waals surface area contributed by atoms with Gasteiger partial charge in [0.15, 0.2) is 0 Å². The molecule has 2 aromatic rings. The fraction of sp³-hybridized carbons (Fsp3) is 0.0769. The predicted molar refractivity (Wildman–Crippen MR) is 79.2 cm³/mol. The average Bonchev–Trinajstić information content (AvgIpc) is 2.87. The molecule has 0 aliphatic rings. The summed E-state index contributed by atoms with van der Waals surface area (Å²) in [6.45, 7) is 0. The molecule has 0 saturated heterocycles. The molecule has 3 N–H and O–H groups in total. The Balaban J connectivity index is 1.92. The smallest absolute Gasteiger partial charge is 0.286 e. The lowest BCUT2D eigenvalue weighted by Gasteiger charge is -2.08. The molecule has 5 nitrogen and oxygen atoms in total. The maximum Gasteiger partial charge on any atom is 0.286 e. The molecule has 0 aliphatic carbocycles. The van der Waals surface area contributed by atoms with Gasteiger partial charge in [0.05, 0.1) is 6.42 Å². The Hall–Kier alpha value is -1.86. The highest BCUT2D eigenvalue weighted by molar-refractivity contribution is 9.10. The SMILES string of the molecule is O=C(Cc1c(F)cccc1Cl)NNC(=O)c1cc(Br)c[nH]1. The number of H-pyrrole nitrogens is 1. The van der Waals surface area contributed by atoms with Crippen LogP contribution in [0.25, 0.3) is 0 Å². The second-order valence-electron chi connectivity index (χ2n) is 4.11. The van der Waals surface area contributed by atoms with Crippen molar-refractivity contribution in [1.29, 1.82) is 0 Å². The molecule has 0 aliphatic heterocycles. The van der Waals surface area contributed by atoms with Gasteiger partial charge in [-0.05, 0) is 34.1 Å². The van der Waals surface area contributed by atoms with Crippen LogP contribution in [0.2, 0.25) is 5.02 Å².